The molecule has 1 aliphatic heterocycles. The standard InChI is InChI=1S/C18H22N6O/c1-18(2,3)14-5-6-15(21-20-14)24-10-13(11-24)23(4)17-16-12(7-8-25-16)9-19-22-17/h5-9,13H,10-11H2,1-4H3. The molecule has 4 heterocycles. The molecular weight excluding hydrogens is 316 g/mol. The first kappa shape index (κ1) is 15.8. The Hall–Kier alpha value is -2.70. The van der Waals surface area contributed by atoms with Crippen molar-refractivity contribution in [2.45, 2.75) is 32.2 Å². The number of hydrogen-bond donors (Lipinski definition) is 0. The molecule has 0 saturated carbocycles. The molecule has 1 aliphatic rings. The normalized spacial score (nSPS) is 15.4. The van der Waals surface area contributed by atoms with E-state index in [0.29, 0.717) is 6.04 Å². The minimum atomic E-state index is 0.0175. The van der Waals surface area contributed by atoms with Crippen LogP contribution in [0, 0.1) is 0 Å². The Morgan fingerprint density at radius 1 is 1.12 bits per heavy atom. The van der Waals surface area contributed by atoms with Crippen LogP contribution in [0.5, 0.6) is 0 Å². The van der Waals surface area contributed by atoms with E-state index in [1.165, 1.54) is 0 Å². The molecule has 3 aromatic rings. The predicted octanol–water partition coefficient (Wildman–Crippen LogP) is 2.64. The van der Waals surface area contributed by atoms with Gasteiger partial charge >= 0.3 is 0 Å². The van der Waals surface area contributed by atoms with Crippen molar-refractivity contribution in [3.63, 3.8) is 0 Å². The SMILES string of the molecule is CN(c1nncc2ccoc12)C1CN(c2ccc(C(C)(C)C)nn2)C1. The second-order valence-electron chi connectivity index (χ2n) is 7.57. The van der Waals surface area contributed by atoms with Crippen LogP contribution in [0.25, 0.3) is 11.0 Å². The quantitative estimate of drug-likeness (QED) is 0.727. The molecule has 7 nitrogen and oxygen atoms in total. The van der Waals surface area contributed by atoms with Gasteiger partial charge in [0.2, 0.25) is 0 Å². The molecule has 0 radical (unpaired) electrons. The molecule has 0 atom stereocenters. The number of rotatable bonds is 3. The van der Waals surface area contributed by atoms with E-state index in [1.54, 1.807) is 12.5 Å². The van der Waals surface area contributed by atoms with Crippen LogP contribution in [0.3, 0.4) is 0 Å². The van der Waals surface area contributed by atoms with Crippen LogP contribution in [-0.4, -0.2) is 46.6 Å². The van der Waals surface area contributed by atoms with Crippen molar-refractivity contribution in [3.8, 4) is 0 Å². The Bertz CT molecular complexity index is 876. The Kier molecular flexibility index (Phi) is 3.59. The summed E-state index contributed by atoms with van der Waals surface area (Å²) in [6.07, 6.45) is 3.39. The van der Waals surface area contributed by atoms with Crippen LogP contribution in [-0.2, 0) is 5.41 Å². The second kappa shape index (κ2) is 5.68. The summed E-state index contributed by atoms with van der Waals surface area (Å²) in [6, 6.07) is 6.36. The maximum atomic E-state index is 5.57. The van der Waals surface area contributed by atoms with E-state index >= 15 is 0 Å². The predicted molar refractivity (Wildman–Crippen MR) is 96.9 cm³/mol. The van der Waals surface area contributed by atoms with Gasteiger partial charge in [0.05, 0.1) is 24.2 Å². The second-order valence-corrected chi connectivity index (χ2v) is 7.57. The lowest BCUT2D eigenvalue weighted by Crippen LogP contribution is -2.59. The first-order chi connectivity index (χ1) is 11.9. The summed E-state index contributed by atoms with van der Waals surface area (Å²) in [5, 5.41) is 18.1. The smallest absolute Gasteiger partial charge is 0.195 e. The average Bonchev–Trinajstić information content (AvgIpc) is 3.01. The zero-order valence-electron chi connectivity index (χ0n) is 15.0. The minimum absolute atomic E-state index is 0.0175. The van der Waals surface area contributed by atoms with Crippen LogP contribution in [0.4, 0.5) is 11.6 Å². The number of likely N-dealkylation sites (N-methyl/N-ethyl adjacent to an activating group) is 1. The maximum Gasteiger partial charge on any atom is 0.195 e. The van der Waals surface area contributed by atoms with Gasteiger partial charge in [-0.1, -0.05) is 20.8 Å². The summed E-state index contributed by atoms with van der Waals surface area (Å²) >= 11 is 0. The topological polar surface area (TPSA) is 71.2 Å². The molecule has 7 heteroatoms. The van der Waals surface area contributed by atoms with Gasteiger partial charge in [-0.15, -0.1) is 10.2 Å². The fourth-order valence-electron chi connectivity index (χ4n) is 2.98. The summed E-state index contributed by atoms with van der Waals surface area (Å²) in [7, 11) is 2.03. The van der Waals surface area contributed by atoms with Gasteiger partial charge in [0.1, 0.15) is 0 Å². The van der Waals surface area contributed by atoms with Crippen molar-refractivity contribution in [3.05, 3.63) is 36.4 Å². The van der Waals surface area contributed by atoms with Gasteiger partial charge in [0.25, 0.3) is 0 Å². The van der Waals surface area contributed by atoms with Crippen molar-refractivity contribution in [2.24, 2.45) is 0 Å². The average molecular weight is 338 g/mol. The summed E-state index contributed by atoms with van der Waals surface area (Å²) in [6.45, 7) is 8.17. The van der Waals surface area contributed by atoms with Crippen LogP contribution >= 0.6 is 0 Å². The third kappa shape index (κ3) is 2.79. The highest BCUT2D eigenvalue weighted by molar-refractivity contribution is 5.86. The molecule has 25 heavy (non-hydrogen) atoms. The van der Waals surface area contributed by atoms with E-state index in [1.807, 2.05) is 13.1 Å². The van der Waals surface area contributed by atoms with Gasteiger partial charge in [-0.05, 0) is 18.2 Å². The van der Waals surface area contributed by atoms with E-state index in [9.17, 15) is 0 Å². The highest BCUT2D eigenvalue weighted by Crippen LogP contribution is 2.29. The minimum Gasteiger partial charge on any atom is -0.460 e. The van der Waals surface area contributed by atoms with Crippen molar-refractivity contribution in [2.75, 3.05) is 29.9 Å². The molecule has 4 rings (SSSR count). The van der Waals surface area contributed by atoms with Gasteiger partial charge in [-0.2, -0.15) is 10.2 Å². The van der Waals surface area contributed by atoms with Crippen LogP contribution in [0.2, 0.25) is 0 Å². The van der Waals surface area contributed by atoms with E-state index in [0.717, 1.165) is 41.4 Å². The molecule has 1 saturated heterocycles. The maximum absolute atomic E-state index is 5.57. The van der Waals surface area contributed by atoms with Gasteiger partial charge in [0.15, 0.2) is 17.2 Å². The molecule has 0 aromatic carbocycles. The molecule has 130 valence electrons. The van der Waals surface area contributed by atoms with Crippen molar-refractivity contribution in [1.82, 2.24) is 20.4 Å². The molecule has 0 aliphatic carbocycles. The van der Waals surface area contributed by atoms with E-state index < -0.39 is 0 Å². The molecule has 3 aromatic heterocycles. The third-order valence-electron chi connectivity index (χ3n) is 4.74. The molecule has 0 amide bonds. The molecule has 0 bridgehead atoms. The number of nitrogens with zero attached hydrogens (tertiary/aromatic N) is 6. The van der Waals surface area contributed by atoms with Crippen molar-refractivity contribution in [1.29, 1.82) is 0 Å². The van der Waals surface area contributed by atoms with E-state index in [-0.39, 0.29) is 5.41 Å². The van der Waals surface area contributed by atoms with Crippen molar-refractivity contribution < 1.29 is 4.42 Å². The molecule has 0 spiro atoms. The zero-order chi connectivity index (χ0) is 17.6. The lowest BCUT2D eigenvalue weighted by atomic mass is 9.92. The summed E-state index contributed by atoms with van der Waals surface area (Å²) in [5.74, 6) is 1.70. The molecular formula is C18H22N6O. The highest BCUT2D eigenvalue weighted by Gasteiger charge is 2.33. The monoisotopic (exact) mass is 338 g/mol. The summed E-state index contributed by atoms with van der Waals surface area (Å²) in [5.41, 5.74) is 1.80. The Balaban J connectivity index is 1.46. The first-order valence-electron chi connectivity index (χ1n) is 8.44. The Morgan fingerprint density at radius 2 is 1.92 bits per heavy atom. The lowest BCUT2D eigenvalue weighted by Gasteiger charge is -2.44. The summed E-state index contributed by atoms with van der Waals surface area (Å²) in [4.78, 5) is 4.35. The van der Waals surface area contributed by atoms with Gasteiger partial charge in [-0.3, -0.25) is 0 Å². The van der Waals surface area contributed by atoms with Gasteiger partial charge in [0, 0.05) is 30.9 Å². The number of furan rings is 1. The fourth-order valence-corrected chi connectivity index (χ4v) is 2.98. The van der Waals surface area contributed by atoms with Crippen LogP contribution in [0.15, 0.2) is 35.1 Å². The number of hydrogen-bond acceptors (Lipinski definition) is 7. The number of aromatic nitrogens is 4. The number of fused-ring (bicyclic) bond motifs is 1. The zero-order valence-corrected chi connectivity index (χ0v) is 15.0. The Labute approximate surface area is 146 Å². The van der Waals surface area contributed by atoms with E-state index in [2.05, 4.69) is 63.1 Å². The van der Waals surface area contributed by atoms with Crippen LogP contribution < -0.4 is 9.80 Å². The molecule has 1 fully saturated rings. The molecule has 0 N–H and O–H groups in total. The fraction of sp³-hybridized carbons (Fsp3) is 0.444. The lowest BCUT2D eigenvalue weighted by molar-refractivity contribution is 0.482. The molecule has 0 unspecified atom stereocenters. The van der Waals surface area contributed by atoms with Crippen molar-refractivity contribution >= 4 is 22.6 Å². The first-order valence-corrected chi connectivity index (χ1v) is 8.44. The Morgan fingerprint density at radius 3 is 2.60 bits per heavy atom. The largest absolute Gasteiger partial charge is 0.460 e. The van der Waals surface area contributed by atoms with Gasteiger partial charge in [-0.25, -0.2) is 0 Å². The number of anilines is 2. The van der Waals surface area contributed by atoms with E-state index in [4.69, 9.17) is 4.42 Å². The van der Waals surface area contributed by atoms with Gasteiger partial charge < -0.3 is 14.2 Å². The highest BCUT2D eigenvalue weighted by atomic mass is 16.3. The van der Waals surface area contributed by atoms with Crippen LogP contribution in [0.1, 0.15) is 26.5 Å². The summed E-state index contributed by atoms with van der Waals surface area (Å²) < 4.78 is 5.57. The third-order valence-corrected chi connectivity index (χ3v) is 4.74.